The van der Waals surface area contributed by atoms with E-state index in [0.717, 1.165) is 16.6 Å². The second-order valence-electron chi connectivity index (χ2n) is 5.18. The number of nitrogens with one attached hydrogen (secondary N) is 1. The maximum atomic E-state index is 12.3. The summed E-state index contributed by atoms with van der Waals surface area (Å²) in [5.74, 6) is 0.599. The first kappa shape index (κ1) is 13.4. The van der Waals surface area contributed by atoms with E-state index in [1.54, 1.807) is 0 Å². The van der Waals surface area contributed by atoms with Crippen LogP contribution in [-0.4, -0.2) is 12.3 Å². The van der Waals surface area contributed by atoms with Gasteiger partial charge in [0.25, 0.3) is 0 Å². The van der Waals surface area contributed by atoms with Crippen LogP contribution in [0.1, 0.15) is 23.5 Å². The molecule has 2 nitrogen and oxygen atoms in total. The maximum absolute atomic E-state index is 12.3. The van der Waals surface area contributed by atoms with Crippen molar-refractivity contribution in [2.75, 3.05) is 11.9 Å². The van der Waals surface area contributed by atoms with Gasteiger partial charge in [0.1, 0.15) is 5.78 Å². The van der Waals surface area contributed by atoms with Gasteiger partial charge < -0.3 is 5.32 Å². The highest BCUT2D eigenvalue weighted by molar-refractivity contribution is 9.10. The van der Waals surface area contributed by atoms with E-state index in [-0.39, 0.29) is 0 Å². The van der Waals surface area contributed by atoms with E-state index in [4.69, 9.17) is 0 Å². The number of hydrogen-bond donors (Lipinski definition) is 1. The molecular weight excluding hydrogens is 314 g/mol. The average molecular weight is 330 g/mol. The van der Waals surface area contributed by atoms with Crippen molar-refractivity contribution in [3.63, 3.8) is 0 Å². The van der Waals surface area contributed by atoms with Crippen LogP contribution >= 0.6 is 15.9 Å². The summed E-state index contributed by atoms with van der Waals surface area (Å²) in [6, 6.07) is 16.2. The molecule has 3 heteroatoms. The topological polar surface area (TPSA) is 29.1 Å². The summed E-state index contributed by atoms with van der Waals surface area (Å²) in [6.45, 7) is 0.862. The molecule has 1 atom stereocenters. The van der Waals surface area contributed by atoms with Crippen LogP contribution in [-0.2, 0) is 11.2 Å². The summed E-state index contributed by atoms with van der Waals surface area (Å²) in [7, 11) is 0. The third-order valence-electron chi connectivity index (χ3n) is 3.76. The Morgan fingerprint density at radius 3 is 2.75 bits per heavy atom. The molecule has 1 N–H and O–H groups in total. The zero-order valence-corrected chi connectivity index (χ0v) is 12.7. The number of halogens is 1. The van der Waals surface area contributed by atoms with Gasteiger partial charge in [0.2, 0.25) is 0 Å². The molecule has 1 unspecified atom stereocenters. The molecule has 0 fully saturated rings. The van der Waals surface area contributed by atoms with Crippen LogP contribution in [0.2, 0.25) is 0 Å². The third kappa shape index (κ3) is 2.78. The van der Waals surface area contributed by atoms with Crippen molar-refractivity contribution in [2.45, 2.75) is 18.8 Å². The second-order valence-corrected chi connectivity index (χ2v) is 6.03. The lowest BCUT2D eigenvalue weighted by Gasteiger charge is -2.10. The minimum absolute atomic E-state index is 0.292. The van der Waals surface area contributed by atoms with Crippen LogP contribution < -0.4 is 5.32 Å². The molecule has 1 aliphatic rings. The molecule has 0 saturated carbocycles. The van der Waals surface area contributed by atoms with Crippen molar-refractivity contribution in [3.8, 4) is 0 Å². The highest BCUT2D eigenvalue weighted by Crippen LogP contribution is 2.33. The summed E-state index contributed by atoms with van der Waals surface area (Å²) >= 11 is 3.50. The van der Waals surface area contributed by atoms with Crippen molar-refractivity contribution < 1.29 is 4.79 Å². The predicted molar refractivity (Wildman–Crippen MR) is 85.1 cm³/mol. The van der Waals surface area contributed by atoms with Crippen LogP contribution in [0.5, 0.6) is 0 Å². The van der Waals surface area contributed by atoms with Crippen molar-refractivity contribution in [1.82, 2.24) is 0 Å². The molecule has 1 aliphatic heterocycles. The van der Waals surface area contributed by atoms with E-state index in [9.17, 15) is 4.79 Å². The molecule has 1 heterocycles. The largest absolute Gasteiger partial charge is 0.384 e. The Balaban J connectivity index is 1.68. The highest BCUT2D eigenvalue weighted by atomic mass is 79.9. The first-order chi connectivity index (χ1) is 9.74. The van der Waals surface area contributed by atoms with Crippen molar-refractivity contribution >= 4 is 27.4 Å². The van der Waals surface area contributed by atoms with E-state index >= 15 is 0 Å². The Morgan fingerprint density at radius 2 is 1.90 bits per heavy atom. The Morgan fingerprint density at radius 1 is 1.15 bits per heavy atom. The van der Waals surface area contributed by atoms with Crippen LogP contribution in [0.25, 0.3) is 0 Å². The van der Waals surface area contributed by atoms with E-state index in [1.807, 2.05) is 36.4 Å². The van der Waals surface area contributed by atoms with Crippen molar-refractivity contribution in [3.05, 3.63) is 64.1 Å². The van der Waals surface area contributed by atoms with Crippen LogP contribution in [0.15, 0.2) is 53.0 Å². The first-order valence-corrected chi connectivity index (χ1v) is 7.61. The number of fused-ring (bicyclic) bond motifs is 1. The number of carbonyl (C=O) groups is 1. The molecule has 2 aromatic rings. The van der Waals surface area contributed by atoms with Gasteiger partial charge in [0.05, 0.1) is 0 Å². The standard InChI is InChI=1S/C17H16BrNO/c18-16-7-3-1-5-12(16)9-14(20)10-13-11-19-17-8-4-2-6-15(13)17/h1-8,13,19H,9-11H2. The van der Waals surface area contributed by atoms with Gasteiger partial charge in [-0.05, 0) is 23.3 Å². The fraction of sp³-hybridized carbons (Fsp3) is 0.235. The van der Waals surface area contributed by atoms with Gasteiger partial charge in [-0.1, -0.05) is 52.3 Å². The molecule has 0 aliphatic carbocycles. The minimum Gasteiger partial charge on any atom is -0.384 e. The van der Waals surface area contributed by atoms with Crippen LogP contribution in [0.3, 0.4) is 0 Å². The zero-order valence-electron chi connectivity index (χ0n) is 11.1. The Bertz CT molecular complexity index is 638. The average Bonchev–Trinajstić information content (AvgIpc) is 2.85. The maximum Gasteiger partial charge on any atom is 0.137 e. The number of hydrogen-bond acceptors (Lipinski definition) is 2. The Hall–Kier alpha value is -1.61. The summed E-state index contributed by atoms with van der Waals surface area (Å²) in [4.78, 5) is 12.3. The molecule has 102 valence electrons. The number of rotatable bonds is 4. The number of carbonyl (C=O) groups excluding carboxylic acids is 1. The molecule has 3 rings (SSSR count). The quantitative estimate of drug-likeness (QED) is 0.912. The molecule has 20 heavy (non-hydrogen) atoms. The second kappa shape index (κ2) is 5.80. The van der Waals surface area contributed by atoms with Crippen molar-refractivity contribution in [2.24, 2.45) is 0 Å². The Kier molecular flexibility index (Phi) is 3.88. The highest BCUT2D eigenvalue weighted by Gasteiger charge is 2.24. The van der Waals surface area contributed by atoms with E-state index in [1.165, 1.54) is 11.3 Å². The molecule has 0 bridgehead atoms. The van der Waals surface area contributed by atoms with Crippen LogP contribution in [0, 0.1) is 0 Å². The van der Waals surface area contributed by atoms with Gasteiger partial charge in [-0.2, -0.15) is 0 Å². The van der Waals surface area contributed by atoms with Gasteiger partial charge in [-0.15, -0.1) is 0 Å². The summed E-state index contributed by atoms with van der Waals surface area (Å²) in [5.41, 5.74) is 3.51. The molecule has 0 aromatic heterocycles. The lowest BCUT2D eigenvalue weighted by atomic mass is 9.93. The summed E-state index contributed by atoms with van der Waals surface area (Å²) in [5, 5.41) is 3.37. The number of benzene rings is 2. The molecule has 2 aromatic carbocycles. The predicted octanol–water partition coefficient (Wildman–Crippen LogP) is 4.16. The molecule has 0 radical (unpaired) electrons. The molecule has 0 spiro atoms. The minimum atomic E-state index is 0.292. The van der Waals surface area contributed by atoms with Gasteiger partial charge in [0.15, 0.2) is 0 Å². The number of ketones is 1. The monoisotopic (exact) mass is 329 g/mol. The lowest BCUT2D eigenvalue weighted by Crippen LogP contribution is -2.11. The summed E-state index contributed by atoms with van der Waals surface area (Å²) < 4.78 is 1.01. The number of anilines is 1. The smallest absolute Gasteiger partial charge is 0.137 e. The first-order valence-electron chi connectivity index (χ1n) is 6.82. The third-order valence-corrected chi connectivity index (χ3v) is 4.53. The lowest BCUT2D eigenvalue weighted by molar-refractivity contribution is -0.118. The van der Waals surface area contributed by atoms with Crippen LogP contribution in [0.4, 0.5) is 5.69 Å². The number of Topliss-reactive ketones (excluding diaryl/α,β-unsaturated/α-hetero) is 1. The molecule has 0 saturated heterocycles. The van der Waals surface area contributed by atoms with Crippen molar-refractivity contribution in [1.29, 1.82) is 0 Å². The van der Waals surface area contributed by atoms with Gasteiger partial charge in [-0.25, -0.2) is 0 Å². The normalized spacial score (nSPS) is 16.6. The van der Waals surface area contributed by atoms with Gasteiger partial charge >= 0.3 is 0 Å². The van der Waals surface area contributed by atoms with E-state index < -0.39 is 0 Å². The molecule has 0 amide bonds. The van der Waals surface area contributed by atoms with E-state index in [2.05, 4.69) is 33.4 Å². The van der Waals surface area contributed by atoms with Gasteiger partial charge in [0, 0.05) is 35.5 Å². The zero-order chi connectivity index (χ0) is 13.9. The molecular formula is C17H16BrNO. The fourth-order valence-electron chi connectivity index (χ4n) is 2.74. The van der Waals surface area contributed by atoms with E-state index in [0.29, 0.717) is 24.5 Å². The Labute approximate surface area is 127 Å². The summed E-state index contributed by atoms with van der Waals surface area (Å²) in [6.07, 6.45) is 1.10. The fourth-order valence-corrected chi connectivity index (χ4v) is 3.17. The number of para-hydroxylation sites is 1. The van der Waals surface area contributed by atoms with Gasteiger partial charge in [-0.3, -0.25) is 4.79 Å². The SMILES string of the molecule is O=C(Cc1ccccc1Br)CC1CNc2ccccc21.